The van der Waals surface area contributed by atoms with Crippen molar-refractivity contribution in [1.29, 1.82) is 0 Å². The number of rotatable bonds is 15. The molecule has 2 aromatic carbocycles. The molecule has 0 aliphatic rings. The predicted octanol–water partition coefficient (Wildman–Crippen LogP) is 3.38. The highest BCUT2D eigenvalue weighted by Crippen LogP contribution is 2.34. The minimum Gasteiger partial charge on any atom is -0.445 e. The number of carbonyl (C=O) groups excluding carboxylic acids is 4. The molecule has 3 aromatic rings. The highest BCUT2D eigenvalue weighted by atomic mass is 19.4. The largest absolute Gasteiger partial charge is 0.445 e. The van der Waals surface area contributed by atoms with Crippen LogP contribution in [0.1, 0.15) is 51.7 Å². The minimum atomic E-state index is -4.83. The second-order valence-corrected chi connectivity index (χ2v) is 12.3. The van der Waals surface area contributed by atoms with Crippen molar-refractivity contribution < 1.29 is 41.5 Å². The first kappa shape index (κ1) is 39.8. The molecular formula is C34H42F3N7O7. The summed E-state index contributed by atoms with van der Waals surface area (Å²) in [5.41, 5.74) is 8.66. The van der Waals surface area contributed by atoms with Crippen molar-refractivity contribution in [2.24, 2.45) is 28.3 Å². The van der Waals surface area contributed by atoms with Gasteiger partial charge in [0.25, 0.3) is 0 Å². The number of hydrogen-bond donors (Lipinski definition) is 6. The molecule has 0 saturated carbocycles. The summed E-state index contributed by atoms with van der Waals surface area (Å²) < 4.78 is 50.7. The molecule has 0 aliphatic heterocycles. The zero-order valence-electron chi connectivity index (χ0n) is 28.5. The van der Waals surface area contributed by atoms with Crippen molar-refractivity contribution >= 4 is 46.4 Å². The Morgan fingerprint density at radius 1 is 0.863 bits per heavy atom. The summed E-state index contributed by atoms with van der Waals surface area (Å²) in [5.74, 6) is -3.23. The second-order valence-electron chi connectivity index (χ2n) is 12.3. The number of hydrogen-bond acceptors (Lipinski definition) is 8. The van der Waals surface area contributed by atoms with Crippen LogP contribution in [0.15, 0.2) is 68.8 Å². The van der Waals surface area contributed by atoms with Gasteiger partial charge in [0.15, 0.2) is 5.96 Å². The standard InChI is InChI=1S/C34H42F3N7O7/c1-18(2)27(43-31(48)28(19(3)4)44-33(49)50-17-20-9-6-5-7-10-20)30(47)42-24(11-8-14-40-32(38)39)29(46)41-21-12-13-22-23(34(35,36)37)16-26(45)51-25(22)15-21/h5-7,9-10,12-13,15-16,18-19,24,27-28H,8,11,14,17H2,1-4H3,(H,41,46)(H,42,47)(H,43,48)(H,44,49)(H4,38,39,40)/t24-,27-,28-/m0/s1. The fourth-order valence-electron chi connectivity index (χ4n) is 4.94. The van der Waals surface area contributed by atoms with Gasteiger partial charge in [0.1, 0.15) is 30.3 Å². The average Bonchev–Trinajstić information content (AvgIpc) is 3.05. The van der Waals surface area contributed by atoms with Crippen LogP contribution < -0.4 is 38.4 Å². The van der Waals surface area contributed by atoms with E-state index < -0.39 is 82.1 Å². The number of aliphatic imine (C=N–C) groups is 1. The summed E-state index contributed by atoms with van der Waals surface area (Å²) in [5, 5.41) is 9.94. The Morgan fingerprint density at radius 3 is 2.10 bits per heavy atom. The Balaban J connectivity index is 1.77. The SMILES string of the molecule is CC(C)[C@H](NC(=O)OCc1ccccc1)C(=O)N[C@H](C(=O)N[C@@H](CCCN=C(N)N)C(=O)Nc1ccc2c(C(F)(F)F)cc(=O)oc2c1)C(C)C. The first-order chi connectivity index (χ1) is 24.0. The van der Waals surface area contributed by atoms with Gasteiger partial charge in [-0.15, -0.1) is 0 Å². The van der Waals surface area contributed by atoms with Crippen LogP contribution in [-0.4, -0.2) is 54.4 Å². The molecule has 14 nitrogen and oxygen atoms in total. The Labute approximate surface area is 291 Å². The Morgan fingerprint density at radius 2 is 1.49 bits per heavy atom. The number of ether oxygens (including phenoxy) is 1. The van der Waals surface area contributed by atoms with Crippen molar-refractivity contribution in [2.45, 2.75) is 71.4 Å². The van der Waals surface area contributed by atoms with Gasteiger partial charge < -0.3 is 41.9 Å². The van der Waals surface area contributed by atoms with Crippen LogP contribution in [0.4, 0.5) is 23.7 Å². The van der Waals surface area contributed by atoms with Gasteiger partial charge in [0.2, 0.25) is 17.7 Å². The Bertz CT molecular complexity index is 1780. The van der Waals surface area contributed by atoms with Gasteiger partial charge in [-0.2, -0.15) is 13.2 Å². The number of nitrogens with one attached hydrogen (secondary N) is 4. The van der Waals surface area contributed by atoms with E-state index in [4.69, 9.17) is 20.6 Å². The summed E-state index contributed by atoms with van der Waals surface area (Å²) >= 11 is 0. The molecule has 0 fully saturated rings. The molecule has 51 heavy (non-hydrogen) atoms. The van der Waals surface area contributed by atoms with E-state index in [1.807, 2.05) is 6.07 Å². The number of nitrogens with zero attached hydrogens (tertiary/aromatic N) is 1. The number of alkyl carbamates (subject to hydrolysis) is 1. The van der Waals surface area contributed by atoms with Crippen LogP contribution >= 0.6 is 0 Å². The maximum atomic E-state index is 13.6. The van der Waals surface area contributed by atoms with Gasteiger partial charge in [-0.05, 0) is 42.4 Å². The Kier molecular flexibility index (Phi) is 14.0. The summed E-state index contributed by atoms with van der Waals surface area (Å²) in [4.78, 5) is 68.7. The second kappa shape index (κ2) is 17.9. The van der Waals surface area contributed by atoms with Gasteiger partial charge >= 0.3 is 17.9 Å². The van der Waals surface area contributed by atoms with Crippen LogP contribution in [0, 0.1) is 11.8 Å². The topological polar surface area (TPSA) is 220 Å². The van der Waals surface area contributed by atoms with Crippen LogP contribution in [0.2, 0.25) is 0 Å². The smallest absolute Gasteiger partial charge is 0.417 e. The number of halogens is 3. The van der Waals surface area contributed by atoms with Crippen molar-refractivity contribution in [1.82, 2.24) is 16.0 Å². The highest BCUT2D eigenvalue weighted by Gasteiger charge is 2.35. The zero-order chi connectivity index (χ0) is 37.9. The molecule has 0 unspecified atom stereocenters. The molecule has 0 saturated heterocycles. The van der Waals surface area contributed by atoms with Crippen LogP contribution in [0.25, 0.3) is 11.0 Å². The molecule has 3 rings (SSSR count). The maximum absolute atomic E-state index is 13.6. The van der Waals surface area contributed by atoms with Crippen LogP contribution in [-0.2, 0) is 31.9 Å². The molecule has 8 N–H and O–H groups in total. The van der Waals surface area contributed by atoms with Crippen LogP contribution in [0.3, 0.4) is 0 Å². The number of nitrogens with two attached hydrogens (primary N) is 2. The van der Waals surface area contributed by atoms with Crippen LogP contribution in [0.5, 0.6) is 0 Å². The molecule has 4 amide bonds. The molecule has 0 aliphatic carbocycles. The minimum absolute atomic E-state index is 0.0113. The van der Waals surface area contributed by atoms with E-state index >= 15 is 0 Å². The van der Waals surface area contributed by atoms with Crippen molar-refractivity contribution in [3.8, 4) is 0 Å². The van der Waals surface area contributed by atoms with Crippen molar-refractivity contribution in [3.63, 3.8) is 0 Å². The van der Waals surface area contributed by atoms with E-state index in [0.29, 0.717) is 6.07 Å². The van der Waals surface area contributed by atoms with Gasteiger partial charge in [-0.25, -0.2) is 9.59 Å². The average molecular weight is 718 g/mol. The molecule has 0 bridgehead atoms. The molecule has 17 heteroatoms. The summed E-state index contributed by atoms with van der Waals surface area (Å²) in [6, 6.07) is 9.09. The Hall–Kier alpha value is -5.61. The van der Waals surface area contributed by atoms with Crippen molar-refractivity contribution in [3.05, 3.63) is 76.1 Å². The van der Waals surface area contributed by atoms with E-state index in [0.717, 1.165) is 17.7 Å². The molecule has 0 spiro atoms. The number of alkyl halides is 3. The number of carbonyl (C=O) groups is 4. The van der Waals surface area contributed by atoms with E-state index in [-0.39, 0.29) is 37.6 Å². The summed E-state index contributed by atoms with van der Waals surface area (Å²) in [6.45, 7) is 6.82. The maximum Gasteiger partial charge on any atom is 0.417 e. The number of anilines is 1. The predicted molar refractivity (Wildman–Crippen MR) is 183 cm³/mol. The van der Waals surface area contributed by atoms with E-state index in [9.17, 15) is 37.1 Å². The van der Waals surface area contributed by atoms with E-state index in [1.54, 1.807) is 52.0 Å². The summed E-state index contributed by atoms with van der Waals surface area (Å²) in [7, 11) is 0. The molecule has 3 atom stereocenters. The first-order valence-electron chi connectivity index (χ1n) is 16.1. The lowest BCUT2D eigenvalue weighted by Gasteiger charge is -2.28. The lowest BCUT2D eigenvalue weighted by Crippen LogP contribution is -2.58. The van der Waals surface area contributed by atoms with Crippen molar-refractivity contribution in [2.75, 3.05) is 11.9 Å². The lowest BCUT2D eigenvalue weighted by molar-refractivity contribution is -0.136. The zero-order valence-corrected chi connectivity index (χ0v) is 28.5. The quantitative estimate of drug-likeness (QED) is 0.0587. The number of benzene rings is 2. The van der Waals surface area contributed by atoms with E-state index in [1.165, 1.54) is 6.07 Å². The van der Waals surface area contributed by atoms with Gasteiger partial charge in [0.05, 0.1) is 5.56 Å². The number of amides is 4. The number of fused-ring (bicyclic) bond motifs is 1. The third kappa shape index (κ3) is 12.0. The lowest BCUT2D eigenvalue weighted by atomic mass is 9.99. The normalized spacial score (nSPS) is 13.2. The first-order valence-corrected chi connectivity index (χ1v) is 16.1. The van der Waals surface area contributed by atoms with Gasteiger partial charge in [-0.1, -0.05) is 58.0 Å². The summed E-state index contributed by atoms with van der Waals surface area (Å²) in [6.07, 6.45) is -5.43. The monoisotopic (exact) mass is 717 g/mol. The third-order valence-electron chi connectivity index (χ3n) is 7.58. The third-order valence-corrected chi connectivity index (χ3v) is 7.58. The van der Waals surface area contributed by atoms with E-state index in [2.05, 4.69) is 26.3 Å². The molecular weight excluding hydrogens is 675 g/mol. The molecule has 1 aromatic heterocycles. The fourth-order valence-corrected chi connectivity index (χ4v) is 4.94. The molecule has 0 radical (unpaired) electrons. The van der Waals surface area contributed by atoms with Gasteiger partial charge in [0, 0.05) is 29.8 Å². The highest BCUT2D eigenvalue weighted by molar-refractivity contribution is 6.00. The molecule has 1 heterocycles. The molecule has 276 valence electrons. The van der Waals surface area contributed by atoms with Gasteiger partial charge in [-0.3, -0.25) is 19.4 Å². The number of guanidine groups is 1. The fraction of sp³-hybridized carbons (Fsp3) is 0.412.